The van der Waals surface area contributed by atoms with Gasteiger partial charge in [0.2, 0.25) is 0 Å². The lowest BCUT2D eigenvalue weighted by Gasteiger charge is -2.37. The summed E-state index contributed by atoms with van der Waals surface area (Å²) in [4.78, 5) is 0. The van der Waals surface area contributed by atoms with Crippen LogP contribution in [0.1, 0.15) is 46.5 Å². The van der Waals surface area contributed by atoms with Crippen LogP contribution in [0.2, 0.25) is 0 Å². The van der Waals surface area contributed by atoms with E-state index in [1.54, 1.807) is 0 Å². The third kappa shape index (κ3) is 1.82. The van der Waals surface area contributed by atoms with Crippen LogP contribution in [0.5, 0.6) is 0 Å². The van der Waals surface area contributed by atoms with E-state index in [1.807, 2.05) is 0 Å². The molecule has 1 heteroatoms. The van der Waals surface area contributed by atoms with Gasteiger partial charge in [0, 0.05) is 5.54 Å². The summed E-state index contributed by atoms with van der Waals surface area (Å²) in [5, 5.41) is 3.50. The Labute approximate surface area is 76.9 Å². The Morgan fingerprint density at radius 1 is 1.25 bits per heavy atom. The van der Waals surface area contributed by atoms with E-state index in [0.717, 1.165) is 11.8 Å². The Balaban J connectivity index is 2.70. The molecule has 0 radical (unpaired) electrons. The zero-order valence-corrected chi connectivity index (χ0v) is 8.98. The zero-order chi connectivity index (χ0) is 9.19. The fourth-order valence-electron chi connectivity index (χ4n) is 2.42. The number of rotatable bonds is 1. The quantitative estimate of drug-likeness (QED) is 0.595. The SMILES string of the molecule is CN[C@]1(C)CCCCC(C)[C@@H]1C. The smallest absolute Gasteiger partial charge is 0.0178 e. The molecule has 1 nitrogen and oxygen atoms in total. The van der Waals surface area contributed by atoms with Crippen molar-refractivity contribution in [3.05, 3.63) is 0 Å². The lowest BCUT2D eigenvalue weighted by atomic mass is 9.78. The predicted octanol–water partition coefficient (Wildman–Crippen LogP) is 2.81. The molecule has 0 bridgehead atoms. The van der Waals surface area contributed by atoms with E-state index in [4.69, 9.17) is 0 Å². The number of hydrogen-bond donors (Lipinski definition) is 1. The average Bonchev–Trinajstić information content (AvgIpc) is 2.20. The first kappa shape index (κ1) is 10.0. The van der Waals surface area contributed by atoms with Gasteiger partial charge >= 0.3 is 0 Å². The maximum absolute atomic E-state index is 3.50. The van der Waals surface area contributed by atoms with Gasteiger partial charge in [-0.3, -0.25) is 0 Å². The molecule has 12 heavy (non-hydrogen) atoms. The highest BCUT2D eigenvalue weighted by Gasteiger charge is 2.34. The lowest BCUT2D eigenvalue weighted by Crippen LogP contribution is -2.47. The van der Waals surface area contributed by atoms with Crippen molar-refractivity contribution >= 4 is 0 Å². The van der Waals surface area contributed by atoms with Gasteiger partial charge in [-0.05, 0) is 32.2 Å². The summed E-state index contributed by atoms with van der Waals surface area (Å²) in [5.41, 5.74) is 0.385. The van der Waals surface area contributed by atoms with Gasteiger partial charge in [-0.1, -0.05) is 33.1 Å². The molecule has 0 aliphatic heterocycles. The highest BCUT2D eigenvalue weighted by atomic mass is 14.9. The van der Waals surface area contributed by atoms with Crippen LogP contribution in [0.15, 0.2) is 0 Å². The van der Waals surface area contributed by atoms with Gasteiger partial charge in [-0.25, -0.2) is 0 Å². The normalized spacial score (nSPS) is 44.0. The summed E-state index contributed by atoms with van der Waals surface area (Å²) < 4.78 is 0. The number of hydrogen-bond acceptors (Lipinski definition) is 1. The molecule has 1 unspecified atom stereocenters. The van der Waals surface area contributed by atoms with Crippen LogP contribution in [0, 0.1) is 11.8 Å². The molecule has 0 aromatic carbocycles. The van der Waals surface area contributed by atoms with Gasteiger partial charge in [-0.2, -0.15) is 0 Å². The van der Waals surface area contributed by atoms with Gasteiger partial charge in [0.1, 0.15) is 0 Å². The zero-order valence-electron chi connectivity index (χ0n) is 8.98. The van der Waals surface area contributed by atoms with Gasteiger partial charge < -0.3 is 5.32 Å². The van der Waals surface area contributed by atoms with E-state index in [2.05, 4.69) is 33.1 Å². The average molecular weight is 169 g/mol. The van der Waals surface area contributed by atoms with Crippen LogP contribution in [0.25, 0.3) is 0 Å². The summed E-state index contributed by atoms with van der Waals surface area (Å²) in [6.07, 6.45) is 5.57. The molecule has 0 spiro atoms. The third-order valence-corrected chi connectivity index (χ3v) is 4.04. The monoisotopic (exact) mass is 169 g/mol. The van der Waals surface area contributed by atoms with E-state index in [0.29, 0.717) is 5.54 Å². The topological polar surface area (TPSA) is 12.0 Å². The standard InChI is InChI=1S/C11H23N/c1-9-7-5-6-8-11(3,12-4)10(9)2/h9-10,12H,5-8H2,1-4H3/t9?,10-,11+/m0/s1. The maximum Gasteiger partial charge on any atom is 0.0178 e. The van der Waals surface area contributed by atoms with Gasteiger partial charge in [0.15, 0.2) is 0 Å². The van der Waals surface area contributed by atoms with Crippen molar-refractivity contribution in [1.82, 2.24) is 5.32 Å². The summed E-state index contributed by atoms with van der Waals surface area (Å²) in [6.45, 7) is 7.16. The van der Waals surface area contributed by atoms with Crippen LogP contribution in [0.4, 0.5) is 0 Å². The minimum Gasteiger partial charge on any atom is -0.314 e. The van der Waals surface area contributed by atoms with Crippen LogP contribution in [-0.2, 0) is 0 Å². The van der Waals surface area contributed by atoms with E-state index < -0.39 is 0 Å². The largest absolute Gasteiger partial charge is 0.314 e. The van der Waals surface area contributed by atoms with Crippen molar-refractivity contribution in [1.29, 1.82) is 0 Å². The van der Waals surface area contributed by atoms with Crippen molar-refractivity contribution < 1.29 is 0 Å². The first-order chi connectivity index (χ1) is 5.60. The van der Waals surface area contributed by atoms with E-state index in [9.17, 15) is 0 Å². The fourth-order valence-corrected chi connectivity index (χ4v) is 2.42. The van der Waals surface area contributed by atoms with E-state index >= 15 is 0 Å². The van der Waals surface area contributed by atoms with E-state index in [-0.39, 0.29) is 0 Å². The summed E-state index contributed by atoms with van der Waals surface area (Å²) >= 11 is 0. The number of nitrogens with one attached hydrogen (secondary N) is 1. The molecule has 0 amide bonds. The molecule has 72 valence electrons. The lowest BCUT2D eigenvalue weighted by molar-refractivity contribution is 0.198. The van der Waals surface area contributed by atoms with Crippen molar-refractivity contribution in [3.8, 4) is 0 Å². The van der Waals surface area contributed by atoms with Crippen LogP contribution < -0.4 is 5.32 Å². The molecular weight excluding hydrogens is 146 g/mol. The molecule has 3 atom stereocenters. The molecule has 0 heterocycles. The van der Waals surface area contributed by atoms with Crippen molar-refractivity contribution in [2.75, 3.05) is 7.05 Å². The van der Waals surface area contributed by atoms with Crippen molar-refractivity contribution in [2.24, 2.45) is 11.8 Å². The Bertz CT molecular complexity index is 144. The van der Waals surface area contributed by atoms with Crippen LogP contribution in [0.3, 0.4) is 0 Å². The predicted molar refractivity (Wildman–Crippen MR) is 54.3 cm³/mol. The highest BCUT2D eigenvalue weighted by molar-refractivity contribution is 4.91. The first-order valence-electron chi connectivity index (χ1n) is 5.29. The fraction of sp³-hybridized carbons (Fsp3) is 1.00. The Morgan fingerprint density at radius 3 is 2.50 bits per heavy atom. The molecule has 0 saturated heterocycles. The molecular formula is C11H23N. The first-order valence-corrected chi connectivity index (χ1v) is 5.29. The maximum atomic E-state index is 3.50. The molecule has 1 aliphatic rings. The summed E-state index contributed by atoms with van der Waals surface area (Å²) in [6, 6.07) is 0. The summed E-state index contributed by atoms with van der Waals surface area (Å²) in [7, 11) is 2.11. The van der Waals surface area contributed by atoms with Crippen LogP contribution in [-0.4, -0.2) is 12.6 Å². The molecule has 1 saturated carbocycles. The highest BCUT2D eigenvalue weighted by Crippen LogP contribution is 2.35. The second-order valence-corrected chi connectivity index (χ2v) is 4.68. The minimum atomic E-state index is 0.385. The van der Waals surface area contributed by atoms with Gasteiger partial charge in [0.25, 0.3) is 0 Å². The molecule has 1 N–H and O–H groups in total. The summed E-state index contributed by atoms with van der Waals surface area (Å²) in [5.74, 6) is 1.69. The molecule has 0 aromatic heterocycles. The molecule has 0 aromatic rings. The second-order valence-electron chi connectivity index (χ2n) is 4.68. The van der Waals surface area contributed by atoms with Crippen LogP contribution >= 0.6 is 0 Å². The van der Waals surface area contributed by atoms with Gasteiger partial charge in [0.05, 0.1) is 0 Å². The van der Waals surface area contributed by atoms with Gasteiger partial charge in [-0.15, -0.1) is 0 Å². The van der Waals surface area contributed by atoms with Crippen molar-refractivity contribution in [3.63, 3.8) is 0 Å². The molecule has 1 aliphatic carbocycles. The van der Waals surface area contributed by atoms with E-state index in [1.165, 1.54) is 25.7 Å². The second kappa shape index (κ2) is 3.78. The Hall–Kier alpha value is -0.0400. The molecule has 1 rings (SSSR count). The Kier molecular flexibility index (Phi) is 3.16. The van der Waals surface area contributed by atoms with Crippen molar-refractivity contribution in [2.45, 2.75) is 52.0 Å². The minimum absolute atomic E-state index is 0.385. The molecule has 1 fully saturated rings. The Morgan fingerprint density at radius 2 is 1.92 bits per heavy atom. The third-order valence-electron chi connectivity index (χ3n) is 4.04.